The van der Waals surface area contributed by atoms with Gasteiger partial charge in [-0.1, -0.05) is 47.7 Å². The zero-order valence-corrected chi connectivity index (χ0v) is 20.0. The largest absolute Gasteiger partial charge is 0.496 e. The molecule has 5 atom stereocenters. The second kappa shape index (κ2) is 8.37. The Morgan fingerprint density at radius 1 is 1.09 bits per heavy atom. The van der Waals surface area contributed by atoms with E-state index in [4.69, 9.17) is 4.74 Å². The number of thioether (sulfide) groups is 1. The molecule has 2 bridgehead atoms. The second-order valence-corrected chi connectivity index (χ2v) is 11.4. The van der Waals surface area contributed by atoms with Crippen LogP contribution in [0.1, 0.15) is 35.6 Å². The first-order chi connectivity index (χ1) is 16.1. The number of anilines is 1. The molecule has 2 heterocycles. The van der Waals surface area contributed by atoms with Gasteiger partial charge < -0.3 is 10.1 Å². The normalized spacial score (nSPS) is 27.1. The first-order valence-corrected chi connectivity index (χ1v) is 13.2. The standard InChI is InChI=1S/C26H26N2O3S2/c1-31-19-10-6-5-9-18(19)22-21-15-11-12-16(13-15)23(21)32-25-24(22)33-26(30)28(25)14-20(29)27-17-7-3-2-4-8-17/h2-10,15-16,21-23H,11-14H2,1H3,(H,27,29)/t15?,16?,21?,22-,23?/m1/s1. The third-order valence-corrected chi connectivity index (χ3v) is 10.4. The number of methoxy groups -OCH3 is 1. The van der Waals surface area contributed by atoms with Gasteiger partial charge in [0, 0.05) is 27.3 Å². The summed E-state index contributed by atoms with van der Waals surface area (Å²) < 4.78 is 7.46. The van der Waals surface area contributed by atoms with Crippen molar-refractivity contribution in [3.05, 3.63) is 74.7 Å². The molecule has 170 valence electrons. The van der Waals surface area contributed by atoms with E-state index in [-0.39, 0.29) is 23.2 Å². The van der Waals surface area contributed by atoms with E-state index in [1.807, 2.05) is 54.2 Å². The van der Waals surface area contributed by atoms with Gasteiger partial charge in [-0.3, -0.25) is 14.2 Å². The van der Waals surface area contributed by atoms with Crippen molar-refractivity contribution in [2.75, 3.05) is 12.4 Å². The number of fused-ring (bicyclic) bond motifs is 6. The van der Waals surface area contributed by atoms with Crippen LogP contribution in [0.4, 0.5) is 5.69 Å². The predicted octanol–water partition coefficient (Wildman–Crippen LogP) is 5.21. The van der Waals surface area contributed by atoms with Gasteiger partial charge >= 0.3 is 4.87 Å². The molecule has 1 aliphatic heterocycles. The molecule has 1 N–H and O–H groups in total. The fourth-order valence-corrected chi connectivity index (χ4v) is 9.37. The number of carbonyl (C=O) groups excluding carboxylic acids is 1. The monoisotopic (exact) mass is 478 g/mol. The van der Waals surface area contributed by atoms with Gasteiger partial charge in [0.25, 0.3) is 0 Å². The van der Waals surface area contributed by atoms with Gasteiger partial charge in [-0.25, -0.2) is 0 Å². The van der Waals surface area contributed by atoms with E-state index in [2.05, 4.69) is 17.4 Å². The van der Waals surface area contributed by atoms with Crippen molar-refractivity contribution in [3.63, 3.8) is 0 Å². The topological polar surface area (TPSA) is 60.3 Å². The van der Waals surface area contributed by atoms with Gasteiger partial charge in [0.05, 0.1) is 12.1 Å². The van der Waals surface area contributed by atoms with E-state index < -0.39 is 0 Å². The molecule has 6 rings (SSSR count). The molecule has 3 aliphatic rings. The van der Waals surface area contributed by atoms with Crippen molar-refractivity contribution in [2.45, 2.75) is 42.0 Å². The molecule has 5 nitrogen and oxygen atoms in total. The maximum absolute atomic E-state index is 13.2. The minimum Gasteiger partial charge on any atom is -0.496 e. The number of amides is 1. The van der Waals surface area contributed by atoms with Crippen LogP contribution in [0.5, 0.6) is 5.75 Å². The van der Waals surface area contributed by atoms with Crippen LogP contribution in [0.15, 0.2) is 64.4 Å². The summed E-state index contributed by atoms with van der Waals surface area (Å²) in [6.45, 7) is 0.0384. The summed E-state index contributed by atoms with van der Waals surface area (Å²) in [5.41, 5.74) is 1.92. The lowest BCUT2D eigenvalue weighted by Crippen LogP contribution is -2.35. The number of para-hydroxylation sites is 2. The lowest BCUT2D eigenvalue weighted by Gasteiger charge is -2.40. The summed E-state index contributed by atoms with van der Waals surface area (Å²) >= 11 is 3.17. The van der Waals surface area contributed by atoms with Crippen molar-refractivity contribution in [1.82, 2.24) is 4.57 Å². The molecule has 3 aromatic rings. The van der Waals surface area contributed by atoms with E-state index in [1.165, 1.54) is 36.2 Å². The van der Waals surface area contributed by atoms with Gasteiger partial charge in [-0.2, -0.15) is 0 Å². The van der Waals surface area contributed by atoms with E-state index in [0.717, 1.165) is 21.3 Å². The number of ether oxygens (including phenoxy) is 1. The fraction of sp³-hybridized carbons (Fsp3) is 0.385. The van der Waals surface area contributed by atoms with E-state index in [9.17, 15) is 9.59 Å². The summed E-state index contributed by atoms with van der Waals surface area (Å²) in [5, 5.41) is 4.40. The molecule has 2 fully saturated rings. The van der Waals surface area contributed by atoms with Gasteiger partial charge in [-0.05, 0) is 55.2 Å². The Hall–Kier alpha value is -2.51. The van der Waals surface area contributed by atoms with Crippen LogP contribution in [0.2, 0.25) is 0 Å². The average molecular weight is 479 g/mol. The summed E-state index contributed by atoms with van der Waals surface area (Å²) in [6.07, 6.45) is 3.83. The Morgan fingerprint density at radius 3 is 2.67 bits per heavy atom. The van der Waals surface area contributed by atoms with E-state index in [1.54, 1.807) is 11.7 Å². The number of hydrogen-bond donors (Lipinski definition) is 1. The lowest BCUT2D eigenvalue weighted by atomic mass is 9.74. The number of rotatable bonds is 5. The van der Waals surface area contributed by atoms with Crippen LogP contribution in [-0.4, -0.2) is 22.8 Å². The average Bonchev–Trinajstić information content (AvgIpc) is 3.53. The number of aromatic nitrogens is 1. The summed E-state index contributed by atoms with van der Waals surface area (Å²) in [6, 6.07) is 17.6. The molecule has 2 aliphatic carbocycles. The number of nitrogens with one attached hydrogen (secondary N) is 1. The van der Waals surface area contributed by atoms with Crippen molar-refractivity contribution in [1.29, 1.82) is 0 Å². The van der Waals surface area contributed by atoms with Crippen molar-refractivity contribution in [3.8, 4) is 5.75 Å². The minimum absolute atomic E-state index is 0.0384. The highest BCUT2D eigenvalue weighted by atomic mass is 32.2. The van der Waals surface area contributed by atoms with Crippen LogP contribution in [0, 0.1) is 17.8 Å². The molecule has 4 unspecified atom stereocenters. The van der Waals surface area contributed by atoms with Gasteiger partial charge in [0.1, 0.15) is 12.3 Å². The molecular weight excluding hydrogens is 452 g/mol. The van der Waals surface area contributed by atoms with E-state index in [0.29, 0.717) is 23.0 Å². The van der Waals surface area contributed by atoms with Crippen molar-refractivity contribution < 1.29 is 9.53 Å². The third-order valence-electron chi connectivity index (χ3n) is 7.52. The Kier molecular flexibility index (Phi) is 5.34. The van der Waals surface area contributed by atoms with Gasteiger partial charge in [0.2, 0.25) is 5.91 Å². The number of benzene rings is 2. The summed E-state index contributed by atoms with van der Waals surface area (Å²) in [4.78, 5) is 27.1. The molecule has 0 spiro atoms. The molecule has 0 saturated heterocycles. The van der Waals surface area contributed by atoms with Crippen molar-refractivity contribution >= 4 is 34.7 Å². The number of hydrogen-bond acceptors (Lipinski definition) is 5. The first-order valence-electron chi connectivity index (χ1n) is 11.5. The summed E-state index contributed by atoms with van der Waals surface area (Å²) in [7, 11) is 1.72. The Morgan fingerprint density at radius 2 is 1.85 bits per heavy atom. The highest BCUT2D eigenvalue weighted by Crippen LogP contribution is 2.64. The van der Waals surface area contributed by atoms with Gasteiger partial charge in [0.15, 0.2) is 0 Å². The zero-order chi connectivity index (χ0) is 22.5. The van der Waals surface area contributed by atoms with Gasteiger partial charge in [-0.15, -0.1) is 11.8 Å². The molecule has 33 heavy (non-hydrogen) atoms. The maximum Gasteiger partial charge on any atom is 0.308 e. The third kappa shape index (κ3) is 3.53. The van der Waals surface area contributed by atoms with Crippen LogP contribution >= 0.6 is 23.1 Å². The van der Waals surface area contributed by atoms with Crippen LogP contribution in [0.3, 0.4) is 0 Å². The smallest absolute Gasteiger partial charge is 0.308 e. The maximum atomic E-state index is 13.2. The lowest BCUT2D eigenvalue weighted by molar-refractivity contribution is -0.116. The van der Waals surface area contributed by atoms with Crippen LogP contribution in [-0.2, 0) is 11.3 Å². The molecule has 1 aromatic heterocycles. The summed E-state index contributed by atoms with van der Waals surface area (Å²) in [5.74, 6) is 2.76. The Bertz CT molecular complexity index is 1250. The minimum atomic E-state index is -0.173. The van der Waals surface area contributed by atoms with Crippen molar-refractivity contribution in [2.24, 2.45) is 17.8 Å². The molecule has 2 saturated carbocycles. The fourth-order valence-electron chi connectivity index (χ4n) is 6.22. The second-order valence-electron chi connectivity index (χ2n) is 9.25. The Labute approximate surface area is 201 Å². The SMILES string of the molecule is COc1ccccc1[C@H]1c2sc(=O)n(CC(=O)Nc3ccccc3)c2SC2C3CCC(C3)C21. The first kappa shape index (κ1) is 21.1. The molecule has 7 heteroatoms. The van der Waals surface area contributed by atoms with Crippen LogP contribution in [0.25, 0.3) is 0 Å². The molecule has 0 radical (unpaired) electrons. The highest BCUT2D eigenvalue weighted by molar-refractivity contribution is 8.00. The zero-order valence-electron chi connectivity index (χ0n) is 18.4. The quantitative estimate of drug-likeness (QED) is 0.547. The van der Waals surface area contributed by atoms with E-state index >= 15 is 0 Å². The number of thiazole rings is 1. The predicted molar refractivity (Wildman–Crippen MR) is 132 cm³/mol. The Balaban J connectivity index is 1.40. The number of nitrogens with zero attached hydrogens (tertiary/aromatic N) is 1. The molecule has 2 aromatic carbocycles. The van der Waals surface area contributed by atoms with Crippen LogP contribution < -0.4 is 14.9 Å². The molecular formula is C26H26N2O3S2. The highest BCUT2D eigenvalue weighted by Gasteiger charge is 2.55. The number of carbonyl (C=O) groups is 1. The molecule has 1 amide bonds.